The summed E-state index contributed by atoms with van der Waals surface area (Å²) in [6.07, 6.45) is 6.06. The highest BCUT2D eigenvalue weighted by atomic mass is 16.5. The summed E-state index contributed by atoms with van der Waals surface area (Å²) in [7, 11) is 3.70. The molecule has 0 radical (unpaired) electrons. The van der Waals surface area contributed by atoms with E-state index in [4.69, 9.17) is 4.74 Å². The molecule has 8 nitrogen and oxygen atoms in total. The van der Waals surface area contributed by atoms with Gasteiger partial charge in [-0.05, 0) is 18.1 Å². The summed E-state index contributed by atoms with van der Waals surface area (Å²) in [5.41, 5.74) is 0.399. The van der Waals surface area contributed by atoms with Crippen LogP contribution in [-0.2, 0) is 17.8 Å². The van der Waals surface area contributed by atoms with E-state index in [0.29, 0.717) is 19.7 Å². The number of β-amino-alcohol motifs (C(OH)–C–C–N with tert-alkyl or cyclic N) is 1. The minimum atomic E-state index is -0.749. The summed E-state index contributed by atoms with van der Waals surface area (Å²) in [5.74, 6) is 0.935. The Morgan fingerprint density at radius 1 is 1.40 bits per heavy atom. The summed E-state index contributed by atoms with van der Waals surface area (Å²) >= 11 is 0. The van der Waals surface area contributed by atoms with Gasteiger partial charge in [0.1, 0.15) is 5.82 Å². The number of aromatic nitrogens is 4. The fourth-order valence-corrected chi connectivity index (χ4v) is 3.16. The summed E-state index contributed by atoms with van der Waals surface area (Å²) in [5, 5.41) is 18.5. The van der Waals surface area contributed by atoms with Gasteiger partial charge in [-0.3, -0.25) is 4.90 Å². The molecule has 0 spiro atoms. The van der Waals surface area contributed by atoms with E-state index in [1.165, 1.54) is 0 Å². The molecule has 0 saturated carbocycles. The standard InChI is InChI=1S/C17H26N6O2/c1-21(9-10-25-2)16-4-3-15(11-18-16)12-22-7-5-17(24,13-22)14-23-8-6-19-20-23/h3-4,6,8,11,24H,5,7,9-10,12-14H2,1-2H3. The zero-order chi connectivity index (χ0) is 17.7. The van der Waals surface area contributed by atoms with E-state index < -0.39 is 5.60 Å². The number of hydrogen-bond acceptors (Lipinski definition) is 7. The maximum atomic E-state index is 10.7. The minimum absolute atomic E-state index is 0.477. The van der Waals surface area contributed by atoms with Crippen molar-refractivity contribution in [3.8, 4) is 0 Å². The number of likely N-dealkylation sites (N-methyl/N-ethyl adjacent to an activating group) is 1. The molecule has 1 N–H and O–H groups in total. The number of aliphatic hydroxyl groups is 1. The Morgan fingerprint density at radius 3 is 2.96 bits per heavy atom. The largest absolute Gasteiger partial charge is 0.387 e. The number of methoxy groups -OCH3 is 1. The second-order valence-corrected chi connectivity index (χ2v) is 6.72. The normalized spacial score (nSPS) is 20.9. The predicted octanol–water partition coefficient (Wildman–Crippen LogP) is 0.393. The Labute approximate surface area is 148 Å². The lowest BCUT2D eigenvalue weighted by Crippen LogP contribution is -2.37. The summed E-state index contributed by atoms with van der Waals surface area (Å²) in [6, 6.07) is 4.13. The van der Waals surface area contributed by atoms with Crippen LogP contribution in [0.5, 0.6) is 0 Å². The van der Waals surface area contributed by atoms with Crippen LogP contribution in [0.4, 0.5) is 5.82 Å². The number of rotatable bonds is 8. The van der Waals surface area contributed by atoms with Gasteiger partial charge in [-0.25, -0.2) is 9.67 Å². The van der Waals surface area contributed by atoms with Crippen molar-refractivity contribution in [2.24, 2.45) is 0 Å². The molecule has 2 aromatic rings. The molecule has 1 aliphatic heterocycles. The van der Waals surface area contributed by atoms with Crippen LogP contribution in [0.3, 0.4) is 0 Å². The number of likely N-dealkylation sites (tertiary alicyclic amines) is 1. The molecule has 25 heavy (non-hydrogen) atoms. The first-order chi connectivity index (χ1) is 12.1. The SMILES string of the molecule is COCCN(C)c1ccc(CN2CCC(O)(Cn3ccnn3)C2)cn1. The van der Waals surface area contributed by atoms with Crippen LogP contribution in [0.1, 0.15) is 12.0 Å². The minimum Gasteiger partial charge on any atom is -0.387 e. The molecule has 3 heterocycles. The lowest BCUT2D eigenvalue weighted by Gasteiger charge is -2.23. The van der Waals surface area contributed by atoms with Crippen molar-refractivity contribution in [2.75, 3.05) is 45.3 Å². The van der Waals surface area contributed by atoms with E-state index in [0.717, 1.165) is 37.4 Å². The van der Waals surface area contributed by atoms with Gasteiger partial charge in [-0.15, -0.1) is 5.10 Å². The van der Waals surface area contributed by atoms with Crippen molar-refractivity contribution >= 4 is 5.82 Å². The number of anilines is 1. The van der Waals surface area contributed by atoms with Crippen LogP contribution in [-0.4, -0.2) is 76.0 Å². The van der Waals surface area contributed by atoms with E-state index in [1.54, 1.807) is 24.2 Å². The third-order valence-corrected chi connectivity index (χ3v) is 4.58. The van der Waals surface area contributed by atoms with E-state index in [2.05, 4.69) is 31.2 Å². The highest BCUT2D eigenvalue weighted by molar-refractivity contribution is 5.38. The smallest absolute Gasteiger partial charge is 0.128 e. The molecule has 8 heteroatoms. The molecule has 0 aromatic carbocycles. The quantitative estimate of drug-likeness (QED) is 0.741. The summed E-state index contributed by atoms with van der Waals surface area (Å²) in [4.78, 5) is 8.85. The molecular formula is C17H26N6O2. The Balaban J connectivity index is 1.53. The van der Waals surface area contributed by atoms with Gasteiger partial charge >= 0.3 is 0 Å². The summed E-state index contributed by atoms with van der Waals surface area (Å²) in [6.45, 7) is 4.24. The van der Waals surface area contributed by atoms with Crippen LogP contribution in [0.25, 0.3) is 0 Å². The summed E-state index contributed by atoms with van der Waals surface area (Å²) < 4.78 is 6.78. The Morgan fingerprint density at radius 2 is 2.28 bits per heavy atom. The fraction of sp³-hybridized carbons (Fsp3) is 0.588. The monoisotopic (exact) mass is 346 g/mol. The average Bonchev–Trinajstić information content (AvgIpc) is 3.23. The first-order valence-corrected chi connectivity index (χ1v) is 8.52. The molecule has 136 valence electrons. The van der Waals surface area contributed by atoms with Gasteiger partial charge in [0.25, 0.3) is 0 Å². The lowest BCUT2D eigenvalue weighted by molar-refractivity contribution is 0.0274. The third-order valence-electron chi connectivity index (χ3n) is 4.58. The molecule has 0 bridgehead atoms. The van der Waals surface area contributed by atoms with Crippen LogP contribution in [0.2, 0.25) is 0 Å². The fourth-order valence-electron chi connectivity index (χ4n) is 3.16. The number of nitrogens with zero attached hydrogens (tertiary/aromatic N) is 6. The molecule has 1 unspecified atom stereocenters. The molecular weight excluding hydrogens is 320 g/mol. The highest BCUT2D eigenvalue weighted by Crippen LogP contribution is 2.24. The first-order valence-electron chi connectivity index (χ1n) is 8.52. The molecule has 1 saturated heterocycles. The highest BCUT2D eigenvalue weighted by Gasteiger charge is 2.36. The maximum Gasteiger partial charge on any atom is 0.128 e. The number of hydrogen-bond donors (Lipinski definition) is 1. The van der Waals surface area contributed by atoms with Crippen molar-refractivity contribution in [2.45, 2.75) is 25.1 Å². The topological polar surface area (TPSA) is 79.5 Å². The Bertz CT molecular complexity index is 648. The molecule has 0 amide bonds. The predicted molar refractivity (Wildman–Crippen MR) is 94.2 cm³/mol. The van der Waals surface area contributed by atoms with Crippen LogP contribution in [0.15, 0.2) is 30.7 Å². The lowest BCUT2D eigenvalue weighted by atomic mass is 10.0. The van der Waals surface area contributed by atoms with Gasteiger partial charge < -0.3 is 14.7 Å². The average molecular weight is 346 g/mol. The second-order valence-electron chi connectivity index (χ2n) is 6.72. The van der Waals surface area contributed by atoms with Crippen LogP contribution in [0, 0.1) is 0 Å². The molecule has 1 atom stereocenters. The van der Waals surface area contributed by atoms with E-state index in [1.807, 2.05) is 19.3 Å². The van der Waals surface area contributed by atoms with E-state index in [9.17, 15) is 5.11 Å². The molecule has 2 aromatic heterocycles. The van der Waals surface area contributed by atoms with Crippen molar-refractivity contribution < 1.29 is 9.84 Å². The van der Waals surface area contributed by atoms with Gasteiger partial charge in [0.2, 0.25) is 0 Å². The third kappa shape index (κ3) is 4.75. The number of pyridine rings is 1. The van der Waals surface area contributed by atoms with Gasteiger partial charge in [0, 0.05) is 52.7 Å². The van der Waals surface area contributed by atoms with E-state index >= 15 is 0 Å². The van der Waals surface area contributed by atoms with Gasteiger partial charge in [-0.2, -0.15) is 0 Å². The van der Waals surface area contributed by atoms with Crippen molar-refractivity contribution in [3.05, 3.63) is 36.3 Å². The van der Waals surface area contributed by atoms with Crippen molar-refractivity contribution in [3.63, 3.8) is 0 Å². The number of ether oxygens (including phenoxy) is 1. The van der Waals surface area contributed by atoms with Gasteiger partial charge in [-0.1, -0.05) is 11.3 Å². The van der Waals surface area contributed by atoms with Gasteiger partial charge in [0.15, 0.2) is 0 Å². The molecule has 1 fully saturated rings. The van der Waals surface area contributed by atoms with Crippen LogP contribution >= 0.6 is 0 Å². The maximum absolute atomic E-state index is 10.7. The first kappa shape index (κ1) is 17.8. The van der Waals surface area contributed by atoms with Crippen molar-refractivity contribution in [1.29, 1.82) is 0 Å². The molecule has 1 aliphatic rings. The van der Waals surface area contributed by atoms with Crippen LogP contribution < -0.4 is 4.90 Å². The zero-order valence-corrected chi connectivity index (χ0v) is 14.9. The molecule has 0 aliphatic carbocycles. The second kappa shape index (κ2) is 7.90. The Kier molecular flexibility index (Phi) is 5.62. The van der Waals surface area contributed by atoms with Gasteiger partial charge in [0.05, 0.1) is 24.9 Å². The molecule has 3 rings (SSSR count). The zero-order valence-electron chi connectivity index (χ0n) is 14.9. The van der Waals surface area contributed by atoms with Crippen molar-refractivity contribution in [1.82, 2.24) is 24.9 Å². The Hall–Kier alpha value is -2.03. The van der Waals surface area contributed by atoms with E-state index in [-0.39, 0.29) is 0 Å².